The highest BCUT2D eigenvalue weighted by atomic mass is 32.2. The third-order valence-corrected chi connectivity index (χ3v) is 12.6. The molecule has 0 amide bonds. The summed E-state index contributed by atoms with van der Waals surface area (Å²) in [5, 5.41) is 1.23. The molecule has 0 aliphatic rings. The molecular weight excluding hydrogens is 674 g/mol. The van der Waals surface area contributed by atoms with Gasteiger partial charge in [0, 0.05) is 26.0 Å². The number of aryl methyl sites for hydroxylation is 1. The van der Waals surface area contributed by atoms with Crippen LogP contribution in [0.2, 0.25) is 0 Å². The summed E-state index contributed by atoms with van der Waals surface area (Å²) >= 11 is 0. The largest absolute Gasteiger partial charge is 0.455 e. The van der Waals surface area contributed by atoms with Gasteiger partial charge in [0.05, 0.1) is 17.2 Å². The lowest BCUT2D eigenvalue weighted by molar-refractivity contribution is -0.153. The summed E-state index contributed by atoms with van der Waals surface area (Å²) in [6.07, 6.45) is -4.28. The Morgan fingerprint density at radius 1 is 0.755 bits per heavy atom. The van der Waals surface area contributed by atoms with Gasteiger partial charge in [-0.25, -0.2) is 21.1 Å². The molecule has 0 atom stereocenters. The van der Waals surface area contributed by atoms with Crippen LogP contribution in [-0.2, 0) is 44.7 Å². The average molecular weight is 713 g/mol. The fourth-order valence-electron chi connectivity index (χ4n) is 5.68. The molecular formula is C37H39F3N2O5S2. The predicted octanol–water partition coefficient (Wildman–Crippen LogP) is 8.38. The number of furan rings is 1. The molecule has 12 heteroatoms. The van der Waals surface area contributed by atoms with Crippen molar-refractivity contribution in [2.24, 2.45) is 0 Å². The van der Waals surface area contributed by atoms with E-state index in [1.807, 2.05) is 56.3 Å². The van der Waals surface area contributed by atoms with Crippen molar-refractivity contribution in [1.29, 1.82) is 0 Å². The maximum atomic E-state index is 14.4. The zero-order valence-electron chi connectivity index (χ0n) is 28.0. The van der Waals surface area contributed by atoms with E-state index < -0.39 is 43.9 Å². The molecule has 260 valence electrons. The first-order valence-electron chi connectivity index (χ1n) is 15.6. The van der Waals surface area contributed by atoms with E-state index in [-0.39, 0.29) is 23.0 Å². The van der Waals surface area contributed by atoms with E-state index in [1.54, 1.807) is 49.4 Å². The van der Waals surface area contributed by atoms with Crippen LogP contribution in [0, 0.1) is 6.92 Å². The van der Waals surface area contributed by atoms with Gasteiger partial charge >= 0.3 is 6.18 Å². The quantitative estimate of drug-likeness (QED) is 0.130. The lowest BCUT2D eigenvalue weighted by Crippen LogP contribution is -2.31. The van der Waals surface area contributed by atoms with Crippen molar-refractivity contribution in [3.8, 4) is 11.1 Å². The fourth-order valence-corrected chi connectivity index (χ4v) is 8.62. The van der Waals surface area contributed by atoms with Crippen LogP contribution in [0.1, 0.15) is 48.5 Å². The van der Waals surface area contributed by atoms with E-state index in [1.165, 1.54) is 18.4 Å². The highest BCUT2D eigenvalue weighted by Crippen LogP contribution is 2.35. The SMILES string of the molecule is Cc1ccc2ccccc2c1S(=O)(=O)N(Cc1ccc(-c2cccc(C(C)(C)CCS(=O)(=O)N(C)C)c2)cc1)Cc1ccc(C(F)(F)F)o1. The Labute approximate surface area is 286 Å². The third kappa shape index (κ3) is 8.09. The standard InChI is InChI=1S/C37H39F3N2O5S2/c1-26-13-16-29-9-6-7-12-33(29)35(26)49(45,46)42(25-32-19-20-34(47-32)37(38,39)40)24-27-14-17-28(18-15-27)30-10-8-11-31(23-30)36(2,3)21-22-48(43,44)41(4)5/h6-20,23H,21-22,24-25H2,1-5H3. The lowest BCUT2D eigenvalue weighted by atomic mass is 9.81. The van der Waals surface area contributed by atoms with Gasteiger partial charge in [-0.3, -0.25) is 0 Å². The molecule has 7 nitrogen and oxygen atoms in total. The Morgan fingerprint density at radius 3 is 2.10 bits per heavy atom. The number of hydrogen-bond acceptors (Lipinski definition) is 5. The number of hydrogen-bond donors (Lipinski definition) is 0. The third-order valence-electron chi connectivity index (χ3n) is 8.78. The molecule has 0 radical (unpaired) electrons. The minimum Gasteiger partial charge on any atom is -0.455 e. The average Bonchev–Trinajstić information content (AvgIpc) is 3.53. The number of halogens is 3. The van der Waals surface area contributed by atoms with Crippen LogP contribution in [0.25, 0.3) is 21.9 Å². The topological polar surface area (TPSA) is 87.9 Å². The highest BCUT2D eigenvalue weighted by Gasteiger charge is 2.36. The Bertz CT molecular complexity index is 2170. The molecule has 0 unspecified atom stereocenters. The first kappa shape index (κ1) is 36.3. The van der Waals surface area contributed by atoms with Gasteiger partial charge in [-0.2, -0.15) is 17.5 Å². The summed E-state index contributed by atoms with van der Waals surface area (Å²) in [5.74, 6) is -1.32. The van der Waals surface area contributed by atoms with Crippen molar-refractivity contribution in [2.45, 2.75) is 56.8 Å². The second kappa shape index (κ2) is 13.7. The second-order valence-electron chi connectivity index (χ2n) is 13.0. The number of sulfonamides is 2. The number of rotatable bonds is 12. The maximum Gasteiger partial charge on any atom is 0.449 e. The molecule has 4 aromatic carbocycles. The van der Waals surface area contributed by atoms with Gasteiger partial charge in [0.15, 0.2) is 0 Å². The van der Waals surface area contributed by atoms with Crippen LogP contribution < -0.4 is 0 Å². The van der Waals surface area contributed by atoms with Crippen LogP contribution in [-0.4, -0.2) is 45.3 Å². The van der Waals surface area contributed by atoms with Crippen LogP contribution in [0.4, 0.5) is 13.2 Å². The molecule has 0 aliphatic heterocycles. The molecule has 1 heterocycles. The van der Waals surface area contributed by atoms with Crippen molar-refractivity contribution in [2.75, 3.05) is 19.8 Å². The van der Waals surface area contributed by atoms with Crippen molar-refractivity contribution >= 4 is 30.8 Å². The monoisotopic (exact) mass is 712 g/mol. The van der Waals surface area contributed by atoms with Crippen LogP contribution in [0.3, 0.4) is 0 Å². The molecule has 5 rings (SSSR count). The zero-order valence-corrected chi connectivity index (χ0v) is 29.6. The first-order chi connectivity index (χ1) is 22.9. The Kier molecular flexibility index (Phi) is 10.2. The molecule has 0 aliphatic carbocycles. The summed E-state index contributed by atoms with van der Waals surface area (Å²) in [6, 6.07) is 27.7. The molecule has 5 aromatic rings. The first-order valence-corrected chi connectivity index (χ1v) is 18.7. The predicted molar refractivity (Wildman–Crippen MR) is 186 cm³/mol. The zero-order chi connectivity index (χ0) is 35.8. The van der Waals surface area contributed by atoms with Gasteiger partial charge in [-0.1, -0.05) is 98.8 Å². The molecule has 49 heavy (non-hydrogen) atoms. The number of benzene rings is 4. The van der Waals surface area contributed by atoms with Crippen LogP contribution in [0.5, 0.6) is 0 Å². The minimum atomic E-state index is -4.71. The van der Waals surface area contributed by atoms with Gasteiger partial charge < -0.3 is 4.42 Å². The summed E-state index contributed by atoms with van der Waals surface area (Å²) < 4.78 is 101. The van der Waals surface area contributed by atoms with E-state index in [0.717, 1.165) is 38.5 Å². The van der Waals surface area contributed by atoms with E-state index >= 15 is 0 Å². The van der Waals surface area contributed by atoms with Crippen LogP contribution >= 0.6 is 0 Å². The molecule has 0 saturated carbocycles. The highest BCUT2D eigenvalue weighted by molar-refractivity contribution is 7.89. The van der Waals surface area contributed by atoms with Crippen molar-refractivity contribution < 1.29 is 34.4 Å². The van der Waals surface area contributed by atoms with E-state index in [2.05, 4.69) is 0 Å². The van der Waals surface area contributed by atoms with Gasteiger partial charge in [-0.05, 0) is 64.1 Å². The van der Waals surface area contributed by atoms with Gasteiger partial charge in [0.2, 0.25) is 25.8 Å². The van der Waals surface area contributed by atoms with E-state index in [9.17, 15) is 30.0 Å². The summed E-state index contributed by atoms with van der Waals surface area (Å²) in [5.41, 5.74) is 3.45. The Hall–Kier alpha value is -3.97. The lowest BCUT2D eigenvalue weighted by Gasteiger charge is -2.26. The minimum absolute atomic E-state index is 0.0131. The number of alkyl halides is 3. The molecule has 1 aromatic heterocycles. The van der Waals surface area contributed by atoms with Gasteiger partial charge in [0.1, 0.15) is 5.76 Å². The smallest absolute Gasteiger partial charge is 0.449 e. The number of nitrogens with zero attached hydrogens (tertiary/aromatic N) is 2. The number of fused-ring (bicyclic) bond motifs is 1. The summed E-state index contributed by atoms with van der Waals surface area (Å²) in [4.78, 5) is 0.0858. The van der Waals surface area contributed by atoms with E-state index in [4.69, 9.17) is 4.42 Å². The molecule has 0 bridgehead atoms. The fraction of sp³-hybridized carbons (Fsp3) is 0.297. The van der Waals surface area contributed by atoms with Gasteiger partial charge in [0.25, 0.3) is 0 Å². The normalized spacial score (nSPS) is 13.1. The molecule has 0 fully saturated rings. The Morgan fingerprint density at radius 2 is 1.45 bits per heavy atom. The summed E-state index contributed by atoms with van der Waals surface area (Å²) in [6.45, 7) is 5.16. The van der Waals surface area contributed by atoms with Crippen molar-refractivity contribution in [3.63, 3.8) is 0 Å². The van der Waals surface area contributed by atoms with E-state index in [0.29, 0.717) is 22.9 Å². The van der Waals surface area contributed by atoms with Crippen LogP contribution in [0.15, 0.2) is 106 Å². The molecule has 0 spiro atoms. The second-order valence-corrected chi connectivity index (χ2v) is 17.2. The Balaban J connectivity index is 1.46. The van der Waals surface area contributed by atoms with Crippen molar-refractivity contribution in [1.82, 2.24) is 8.61 Å². The molecule has 0 saturated heterocycles. The van der Waals surface area contributed by atoms with Crippen molar-refractivity contribution in [3.05, 3.63) is 125 Å². The van der Waals surface area contributed by atoms with Gasteiger partial charge in [-0.15, -0.1) is 0 Å². The maximum absolute atomic E-state index is 14.4. The molecule has 0 N–H and O–H groups in total. The summed E-state index contributed by atoms with van der Waals surface area (Å²) in [7, 11) is -4.55.